The molecule has 0 saturated heterocycles. The summed E-state index contributed by atoms with van der Waals surface area (Å²) in [6.45, 7) is 6.56. The van der Waals surface area contributed by atoms with Crippen LogP contribution in [0.2, 0.25) is 0 Å². The number of Topliss-reactive ketones (excluding diaryl/α,β-unsaturated/α-hetero) is 2. The number of nitrogens with one attached hydrogen (secondary N) is 2. The molecule has 0 aliphatic carbocycles. The number of ether oxygens (including phenoxy) is 3. The highest BCUT2D eigenvalue weighted by molar-refractivity contribution is 5.90. The van der Waals surface area contributed by atoms with E-state index in [1.54, 1.807) is 27.9 Å². The molecule has 0 atom stereocenters. The van der Waals surface area contributed by atoms with Crippen molar-refractivity contribution >= 4 is 23.6 Å². The molecule has 0 radical (unpaired) electrons. The summed E-state index contributed by atoms with van der Waals surface area (Å²) in [6, 6.07) is 0. The number of methoxy groups -OCH3 is 1. The minimum absolute atomic E-state index is 0.0192. The van der Waals surface area contributed by atoms with E-state index in [1.807, 2.05) is 0 Å². The summed E-state index contributed by atoms with van der Waals surface area (Å²) in [6.07, 6.45) is 1.09. The Labute approximate surface area is 166 Å². The fourth-order valence-corrected chi connectivity index (χ4v) is 1.97. The van der Waals surface area contributed by atoms with Crippen molar-refractivity contribution in [1.29, 1.82) is 0 Å². The van der Waals surface area contributed by atoms with Crippen LogP contribution in [0.15, 0.2) is 0 Å². The van der Waals surface area contributed by atoms with E-state index in [0.717, 1.165) is 6.42 Å². The second-order valence-electron chi connectivity index (χ2n) is 7.27. The van der Waals surface area contributed by atoms with Crippen LogP contribution in [-0.4, -0.2) is 69.2 Å². The lowest BCUT2D eigenvalue weighted by Gasteiger charge is -2.19. The predicted molar refractivity (Wildman–Crippen MR) is 103 cm³/mol. The number of ketones is 2. The Morgan fingerprint density at radius 2 is 1.43 bits per heavy atom. The summed E-state index contributed by atoms with van der Waals surface area (Å²) in [5.41, 5.74) is -0.642. The van der Waals surface area contributed by atoms with Gasteiger partial charge in [0.05, 0.1) is 26.3 Å². The minimum atomic E-state index is -0.681. The highest BCUT2D eigenvalue weighted by atomic mass is 16.6. The molecule has 0 unspecified atom stereocenters. The topological polar surface area (TPSA) is 120 Å². The van der Waals surface area contributed by atoms with Gasteiger partial charge in [0, 0.05) is 33.0 Å². The Morgan fingerprint density at radius 1 is 0.786 bits per heavy atom. The highest BCUT2D eigenvalue weighted by Gasteiger charge is 2.17. The first-order chi connectivity index (χ1) is 13.1. The molecule has 2 amide bonds. The molecular formula is C19H34N2O7. The van der Waals surface area contributed by atoms with Gasteiger partial charge in [-0.05, 0) is 33.6 Å². The third-order valence-corrected chi connectivity index (χ3v) is 3.37. The number of carbonyl (C=O) groups is 4. The van der Waals surface area contributed by atoms with Crippen molar-refractivity contribution in [3.05, 3.63) is 0 Å². The third-order valence-electron chi connectivity index (χ3n) is 3.37. The average Bonchev–Trinajstić information content (AvgIpc) is 2.60. The van der Waals surface area contributed by atoms with Crippen molar-refractivity contribution < 1.29 is 33.4 Å². The number of unbranched alkanes of at least 4 members (excludes halogenated alkanes) is 1. The summed E-state index contributed by atoms with van der Waals surface area (Å²) in [5.74, 6) is -0.731. The Kier molecular flexibility index (Phi) is 13.9. The first-order valence-corrected chi connectivity index (χ1v) is 9.47. The molecular weight excluding hydrogens is 368 g/mol. The molecule has 0 aromatic carbocycles. The van der Waals surface area contributed by atoms with Gasteiger partial charge < -0.3 is 24.8 Å². The van der Waals surface area contributed by atoms with Crippen LogP contribution in [0.5, 0.6) is 0 Å². The largest absolute Gasteiger partial charge is 0.444 e. The number of carbonyl (C=O) groups excluding carboxylic acids is 4. The molecule has 0 fully saturated rings. The van der Waals surface area contributed by atoms with Gasteiger partial charge in [-0.15, -0.1) is 0 Å². The smallest absolute Gasteiger partial charge is 0.408 e. The Bertz CT molecular complexity index is 501. The summed E-state index contributed by atoms with van der Waals surface area (Å²) < 4.78 is 15.2. The lowest BCUT2D eigenvalue weighted by atomic mass is 10.1. The standard InChI is InChI=1S/C19H34N2O7/c1-19(2,3)28-18(25)21-14-16(23)8-9-17(24)20-13-15(22)7-5-6-10-27-12-11-26-4/h5-14H2,1-4H3,(H,20,24)(H,21,25). The van der Waals surface area contributed by atoms with Gasteiger partial charge in [0.25, 0.3) is 0 Å². The fraction of sp³-hybridized carbons (Fsp3) is 0.789. The van der Waals surface area contributed by atoms with E-state index in [-0.39, 0.29) is 43.4 Å². The van der Waals surface area contributed by atoms with E-state index in [4.69, 9.17) is 14.2 Å². The van der Waals surface area contributed by atoms with E-state index in [1.165, 1.54) is 0 Å². The number of rotatable bonds is 15. The number of amides is 2. The van der Waals surface area contributed by atoms with Crippen molar-refractivity contribution in [3.8, 4) is 0 Å². The first-order valence-electron chi connectivity index (χ1n) is 9.47. The lowest BCUT2D eigenvalue weighted by molar-refractivity contribution is -0.127. The molecule has 0 saturated carbocycles. The molecule has 9 nitrogen and oxygen atoms in total. The molecule has 28 heavy (non-hydrogen) atoms. The zero-order valence-corrected chi connectivity index (χ0v) is 17.4. The Morgan fingerprint density at radius 3 is 2.07 bits per heavy atom. The SMILES string of the molecule is COCCOCCCCC(=O)CNC(=O)CCC(=O)CNC(=O)OC(C)(C)C. The molecule has 0 rings (SSSR count). The van der Waals surface area contributed by atoms with Crippen LogP contribution < -0.4 is 10.6 Å². The maximum Gasteiger partial charge on any atom is 0.408 e. The third kappa shape index (κ3) is 17.4. The van der Waals surface area contributed by atoms with Gasteiger partial charge in [0.2, 0.25) is 5.91 Å². The van der Waals surface area contributed by atoms with E-state index < -0.39 is 11.7 Å². The van der Waals surface area contributed by atoms with Crippen molar-refractivity contribution in [2.24, 2.45) is 0 Å². The van der Waals surface area contributed by atoms with E-state index >= 15 is 0 Å². The van der Waals surface area contributed by atoms with Crippen LogP contribution >= 0.6 is 0 Å². The summed E-state index contributed by atoms with van der Waals surface area (Å²) in [4.78, 5) is 46.5. The normalized spacial score (nSPS) is 11.0. The average molecular weight is 402 g/mol. The molecule has 0 spiro atoms. The van der Waals surface area contributed by atoms with Crippen LogP contribution in [0, 0.1) is 0 Å². The highest BCUT2D eigenvalue weighted by Crippen LogP contribution is 2.06. The number of hydrogen-bond acceptors (Lipinski definition) is 7. The predicted octanol–water partition coefficient (Wildman–Crippen LogP) is 1.38. The molecule has 0 aromatic heterocycles. The molecule has 0 heterocycles. The van der Waals surface area contributed by atoms with Gasteiger partial charge in [-0.25, -0.2) is 4.79 Å². The second-order valence-corrected chi connectivity index (χ2v) is 7.27. The molecule has 9 heteroatoms. The second kappa shape index (κ2) is 15.0. The van der Waals surface area contributed by atoms with Crippen LogP contribution in [0.4, 0.5) is 4.79 Å². The Hall–Kier alpha value is -2.00. The Balaban J connectivity index is 3.71. The van der Waals surface area contributed by atoms with Gasteiger partial charge in [0.15, 0.2) is 11.6 Å². The molecule has 0 aliphatic heterocycles. The van der Waals surface area contributed by atoms with Gasteiger partial charge >= 0.3 is 6.09 Å². The van der Waals surface area contributed by atoms with Crippen LogP contribution in [0.1, 0.15) is 52.9 Å². The van der Waals surface area contributed by atoms with E-state index in [0.29, 0.717) is 32.7 Å². The zero-order valence-electron chi connectivity index (χ0n) is 17.4. The van der Waals surface area contributed by atoms with Crippen LogP contribution in [-0.2, 0) is 28.6 Å². The van der Waals surface area contributed by atoms with Crippen LogP contribution in [0.3, 0.4) is 0 Å². The molecule has 162 valence electrons. The van der Waals surface area contributed by atoms with Crippen LogP contribution in [0.25, 0.3) is 0 Å². The van der Waals surface area contributed by atoms with E-state index in [2.05, 4.69) is 10.6 Å². The monoisotopic (exact) mass is 402 g/mol. The van der Waals surface area contributed by atoms with Crippen molar-refractivity contribution in [2.75, 3.05) is 40.0 Å². The maximum atomic E-state index is 11.7. The molecule has 0 bridgehead atoms. The molecule has 0 aromatic rings. The quantitative estimate of drug-likeness (QED) is 0.397. The van der Waals surface area contributed by atoms with Crippen molar-refractivity contribution in [1.82, 2.24) is 10.6 Å². The lowest BCUT2D eigenvalue weighted by Crippen LogP contribution is -2.36. The first kappa shape index (κ1) is 26.0. The molecule has 2 N–H and O–H groups in total. The van der Waals surface area contributed by atoms with Gasteiger partial charge in [-0.1, -0.05) is 0 Å². The van der Waals surface area contributed by atoms with Crippen molar-refractivity contribution in [3.63, 3.8) is 0 Å². The summed E-state index contributed by atoms with van der Waals surface area (Å²) in [5, 5.41) is 4.85. The maximum absolute atomic E-state index is 11.7. The van der Waals surface area contributed by atoms with E-state index in [9.17, 15) is 19.2 Å². The van der Waals surface area contributed by atoms with Gasteiger partial charge in [-0.2, -0.15) is 0 Å². The number of alkyl carbamates (subject to hydrolysis) is 1. The zero-order chi connectivity index (χ0) is 21.4. The minimum Gasteiger partial charge on any atom is -0.444 e. The van der Waals surface area contributed by atoms with Gasteiger partial charge in [-0.3, -0.25) is 14.4 Å². The summed E-state index contributed by atoms with van der Waals surface area (Å²) >= 11 is 0. The molecule has 0 aliphatic rings. The summed E-state index contributed by atoms with van der Waals surface area (Å²) in [7, 11) is 1.60. The number of hydrogen-bond donors (Lipinski definition) is 2. The fourth-order valence-electron chi connectivity index (χ4n) is 1.97. The van der Waals surface area contributed by atoms with Gasteiger partial charge in [0.1, 0.15) is 5.60 Å². The van der Waals surface area contributed by atoms with Crippen molar-refractivity contribution in [2.45, 2.75) is 58.5 Å².